The highest BCUT2D eigenvalue weighted by Crippen LogP contribution is 2.43. The second kappa shape index (κ2) is 6.52. The van der Waals surface area contributed by atoms with Gasteiger partial charge in [0, 0.05) is 12.1 Å². The summed E-state index contributed by atoms with van der Waals surface area (Å²) < 4.78 is 56.5. The minimum atomic E-state index is -4.90. The van der Waals surface area contributed by atoms with Crippen LogP contribution < -0.4 is 23.8 Å². The van der Waals surface area contributed by atoms with Crippen LogP contribution >= 0.6 is 0 Å². The van der Waals surface area contributed by atoms with Crippen LogP contribution in [-0.2, 0) is 10.4 Å². The molecule has 0 unspecified atom stereocenters. The molecule has 0 atom stereocenters. The number of rotatable bonds is 5. The van der Waals surface area contributed by atoms with Gasteiger partial charge in [-0.1, -0.05) is 0 Å². The third-order valence-electron chi connectivity index (χ3n) is 3.75. The van der Waals surface area contributed by atoms with Gasteiger partial charge in [0.15, 0.2) is 22.8 Å². The first kappa shape index (κ1) is 18.6. The number of phenolic OH excluding ortho intramolecular Hbond substituents is 1. The summed E-state index contributed by atoms with van der Waals surface area (Å²) in [6, 6.07) is 3.68. The van der Waals surface area contributed by atoms with Crippen LogP contribution in [0.4, 0.5) is 0 Å². The van der Waals surface area contributed by atoms with Crippen LogP contribution in [-0.4, -0.2) is 39.4 Å². The number of hydrogen-bond acceptors (Lipinski definition) is 9. The molecule has 144 valence electrons. The lowest BCUT2D eigenvalue weighted by Gasteiger charge is -2.13. The van der Waals surface area contributed by atoms with Gasteiger partial charge in [-0.25, -0.2) is 0 Å². The highest BCUT2D eigenvalue weighted by atomic mass is 32.3. The number of methoxy groups -OCH3 is 3. The molecule has 0 fully saturated rings. The topological polar surface area (TPSA) is 142 Å². The van der Waals surface area contributed by atoms with Crippen molar-refractivity contribution in [3.8, 4) is 28.7 Å². The van der Waals surface area contributed by atoms with E-state index in [2.05, 4.69) is 4.18 Å². The van der Waals surface area contributed by atoms with Gasteiger partial charge in [-0.05, 0) is 6.07 Å². The van der Waals surface area contributed by atoms with Crippen molar-refractivity contribution in [3.63, 3.8) is 0 Å². The fourth-order valence-electron chi connectivity index (χ4n) is 2.64. The van der Waals surface area contributed by atoms with E-state index in [-0.39, 0.29) is 39.2 Å². The summed E-state index contributed by atoms with van der Waals surface area (Å²) in [4.78, 5) is 12.9. The van der Waals surface area contributed by atoms with Crippen LogP contribution in [0.1, 0.15) is 0 Å². The lowest BCUT2D eigenvalue weighted by Crippen LogP contribution is -2.09. The van der Waals surface area contributed by atoms with E-state index in [1.165, 1.54) is 33.5 Å². The first-order valence-corrected chi connectivity index (χ1v) is 8.66. The first-order chi connectivity index (χ1) is 12.7. The van der Waals surface area contributed by atoms with Crippen molar-refractivity contribution in [1.29, 1.82) is 0 Å². The van der Waals surface area contributed by atoms with Gasteiger partial charge in [-0.15, -0.1) is 0 Å². The molecule has 10 nitrogen and oxygen atoms in total. The normalized spacial score (nSPS) is 11.6. The maximum atomic E-state index is 12.9. The van der Waals surface area contributed by atoms with Crippen LogP contribution in [0.2, 0.25) is 0 Å². The largest absolute Gasteiger partial charge is 0.504 e. The molecule has 0 saturated carbocycles. The zero-order valence-corrected chi connectivity index (χ0v) is 15.1. The van der Waals surface area contributed by atoms with E-state index in [4.69, 9.17) is 23.2 Å². The Kier molecular flexibility index (Phi) is 4.49. The molecule has 3 aromatic rings. The Morgan fingerprint density at radius 3 is 2.26 bits per heavy atom. The van der Waals surface area contributed by atoms with Gasteiger partial charge >= 0.3 is 10.4 Å². The minimum absolute atomic E-state index is 0.0627. The van der Waals surface area contributed by atoms with Crippen LogP contribution in [0, 0.1) is 0 Å². The molecule has 2 N–H and O–H groups in total. The molecule has 2 aromatic carbocycles. The fraction of sp³-hybridized carbons (Fsp3) is 0.188. The van der Waals surface area contributed by atoms with Crippen molar-refractivity contribution >= 4 is 32.3 Å². The average molecular weight is 398 g/mol. The van der Waals surface area contributed by atoms with Gasteiger partial charge in [-0.2, -0.15) is 8.42 Å². The monoisotopic (exact) mass is 398 g/mol. The highest BCUT2D eigenvalue weighted by Gasteiger charge is 2.23. The van der Waals surface area contributed by atoms with Gasteiger partial charge in [0.2, 0.25) is 11.2 Å². The Balaban J connectivity index is 2.51. The standard InChI is InChI=1S/C16H14O10S/c1-22-7-4-8-13(17)12-9(6-10(23-2)16(24-3)14(12)18)25-15(8)11(5-7)26-27(19,20)21/h4-6,18H,1-3H3,(H,19,20,21). The Morgan fingerprint density at radius 2 is 1.70 bits per heavy atom. The zero-order valence-electron chi connectivity index (χ0n) is 14.3. The van der Waals surface area contributed by atoms with Crippen LogP contribution in [0.3, 0.4) is 0 Å². The summed E-state index contributed by atoms with van der Waals surface area (Å²) in [5.41, 5.74) is -1.10. The summed E-state index contributed by atoms with van der Waals surface area (Å²) in [6.07, 6.45) is 0. The first-order valence-electron chi connectivity index (χ1n) is 7.29. The van der Waals surface area contributed by atoms with E-state index in [0.29, 0.717) is 0 Å². The molecular weight excluding hydrogens is 384 g/mol. The Labute approximate surface area is 152 Å². The molecule has 1 heterocycles. The van der Waals surface area contributed by atoms with Crippen molar-refractivity contribution in [1.82, 2.24) is 0 Å². The number of ether oxygens (including phenoxy) is 3. The summed E-state index contributed by atoms with van der Waals surface area (Å²) in [7, 11) is -1.01. The van der Waals surface area contributed by atoms with Crippen molar-refractivity contribution in [2.75, 3.05) is 21.3 Å². The minimum Gasteiger partial charge on any atom is -0.504 e. The summed E-state index contributed by atoms with van der Waals surface area (Å²) >= 11 is 0. The lowest BCUT2D eigenvalue weighted by atomic mass is 10.1. The van der Waals surface area contributed by atoms with Gasteiger partial charge in [0.1, 0.15) is 16.7 Å². The van der Waals surface area contributed by atoms with E-state index in [1.807, 2.05) is 0 Å². The molecule has 0 aliphatic carbocycles. The van der Waals surface area contributed by atoms with E-state index in [9.17, 15) is 18.3 Å². The fourth-order valence-corrected chi connectivity index (χ4v) is 2.99. The smallest absolute Gasteiger partial charge is 0.446 e. The molecule has 27 heavy (non-hydrogen) atoms. The van der Waals surface area contributed by atoms with Gasteiger partial charge in [-0.3, -0.25) is 9.35 Å². The Hall–Kier alpha value is -3.18. The lowest BCUT2D eigenvalue weighted by molar-refractivity contribution is 0.334. The van der Waals surface area contributed by atoms with Crippen molar-refractivity contribution in [2.24, 2.45) is 0 Å². The quantitative estimate of drug-likeness (QED) is 0.483. The SMILES string of the molecule is COc1cc(OS(=O)(=O)O)c2oc3cc(OC)c(OC)c(O)c3c(=O)c2c1. The predicted octanol–water partition coefficient (Wildman–Crippen LogP) is 1.86. The molecule has 3 rings (SSSR count). The van der Waals surface area contributed by atoms with E-state index < -0.39 is 27.3 Å². The summed E-state index contributed by atoms with van der Waals surface area (Å²) in [6.45, 7) is 0. The van der Waals surface area contributed by atoms with Crippen LogP contribution in [0.5, 0.6) is 28.7 Å². The predicted molar refractivity (Wildman–Crippen MR) is 93.5 cm³/mol. The second-order valence-electron chi connectivity index (χ2n) is 5.28. The molecule has 0 bridgehead atoms. The number of benzene rings is 2. The third kappa shape index (κ3) is 3.17. The molecule has 0 aliphatic heterocycles. The number of aromatic hydroxyl groups is 1. The Bertz CT molecular complexity index is 1210. The molecule has 0 radical (unpaired) electrons. The summed E-state index contributed by atoms with van der Waals surface area (Å²) in [5, 5.41) is 10.1. The van der Waals surface area contributed by atoms with Gasteiger partial charge < -0.3 is 27.9 Å². The maximum Gasteiger partial charge on any atom is 0.446 e. The second-order valence-corrected chi connectivity index (χ2v) is 6.30. The zero-order chi connectivity index (χ0) is 19.9. The van der Waals surface area contributed by atoms with E-state index in [1.54, 1.807) is 0 Å². The van der Waals surface area contributed by atoms with Crippen molar-refractivity contribution in [2.45, 2.75) is 0 Å². The number of phenols is 1. The maximum absolute atomic E-state index is 12.9. The molecule has 1 aromatic heterocycles. The van der Waals surface area contributed by atoms with Crippen LogP contribution in [0.15, 0.2) is 27.4 Å². The highest BCUT2D eigenvalue weighted by molar-refractivity contribution is 7.81. The van der Waals surface area contributed by atoms with E-state index in [0.717, 1.165) is 6.07 Å². The van der Waals surface area contributed by atoms with Gasteiger partial charge in [0.05, 0.1) is 26.7 Å². The molecule has 0 amide bonds. The molecule has 0 aliphatic rings. The van der Waals surface area contributed by atoms with Crippen LogP contribution in [0.25, 0.3) is 21.9 Å². The Morgan fingerprint density at radius 1 is 1.00 bits per heavy atom. The molecule has 0 spiro atoms. The van der Waals surface area contributed by atoms with Crippen molar-refractivity contribution < 1.29 is 40.9 Å². The van der Waals surface area contributed by atoms with E-state index >= 15 is 0 Å². The van der Waals surface area contributed by atoms with Crippen molar-refractivity contribution in [3.05, 3.63) is 28.4 Å². The average Bonchev–Trinajstić information content (AvgIpc) is 2.60. The van der Waals surface area contributed by atoms with Gasteiger partial charge in [0.25, 0.3) is 0 Å². The summed E-state index contributed by atoms with van der Waals surface area (Å²) in [5.74, 6) is -0.917. The molecular formula is C16H14O10S. The third-order valence-corrected chi connectivity index (χ3v) is 4.14. The number of hydrogen-bond donors (Lipinski definition) is 2. The molecule has 11 heteroatoms. The number of fused-ring (bicyclic) bond motifs is 2. The molecule has 0 saturated heterocycles.